The molecule has 5 nitrogen and oxygen atoms in total. The fraction of sp³-hybridized carbons (Fsp3) is 0.500. The van der Waals surface area contributed by atoms with Crippen molar-refractivity contribution < 1.29 is 14.3 Å². The fourth-order valence-electron chi connectivity index (χ4n) is 2.12. The van der Waals surface area contributed by atoms with Gasteiger partial charge < -0.3 is 9.64 Å². The number of nitrogens with zero attached hydrogens (tertiary/aromatic N) is 2. The molecule has 20 heavy (non-hydrogen) atoms. The van der Waals surface area contributed by atoms with Crippen LogP contribution in [-0.2, 0) is 14.3 Å². The first kappa shape index (κ1) is 14.8. The Morgan fingerprint density at radius 2 is 2.45 bits per heavy atom. The summed E-state index contributed by atoms with van der Waals surface area (Å²) in [6.07, 6.45) is 4.48. The van der Waals surface area contributed by atoms with Crippen LogP contribution in [0.25, 0.3) is 0 Å². The number of thioether (sulfide) groups is 1. The molecule has 1 saturated heterocycles. The van der Waals surface area contributed by atoms with E-state index < -0.39 is 0 Å². The molecule has 1 aliphatic heterocycles. The molecule has 1 aromatic heterocycles. The molecule has 0 aliphatic carbocycles. The lowest BCUT2D eigenvalue weighted by atomic mass is 10.2. The molecule has 0 N–H and O–H groups in total. The van der Waals surface area contributed by atoms with Crippen molar-refractivity contribution >= 4 is 23.6 Å². The summed E-state index contributed by atoms with van der Waals surface area (Å²) in [4.78, 5) is 29.2. The summed E-state index contributed by atoms with van der Waals surface area (Å²) in [5.41, 5.74) is 1.03. The van der Waals surface area contributed by atoms with Crippen LogP contribution in [0.3, 0.4) is 0 Å². The first-order valence-electron chi connectivity index (χ1n) is 6.69. The van der Waals surface area contributed by atoms with Crippen LogP contribution in [0, 0.1) is 0 Å². The van der Waals surface area contributed by atoms with E-state index in [2.05, 4.69) is 4.98 Å². The van der Waals surface area contributed by atoms with Crippen LogP contribution in [-0.4, -0.2) is 40.7 Å². The van der Waals surface area contributed by atoms with Crippen molar-refractivity contribution in [1.29, 1.82) is 0 Å². The topological polar surface area (TPSA) is 59.5 Å². The van der Waals surface area contributed by atoms with Crippen LogP contribution in [0.1, 0.15) is 30.7 Å². The minimum atomic E-state index is -0.204. The number of hydrogen-bond acceptors (Lipinski definition) is 5. The number of hydrogen-bond donors (Lipinski definition) is 0. The second-order valence-corrected chi connectivity index (χ2v) is 5.51. The standard InChI is InChI=1S/C14H18N2O3S/c1-2-19-13(18)6-4-8-16-12(17)10-20-14(16)11-5-3-7-15-9-11/h3,5,7,9,14H,2,4,6,8,10H2,1H3. The van der Waals surface area contributed by atoms with Crippen LogP contribution in [0.5, 0.6) is 0 Å². The normalized spacial score (nSPS) is 18.4. The van der Waals surface area contributed by atoms with Gasteiger partial charge in [-0.1, -0.05) is 6.07 Å². The summed E-state index contributed by atoms with van der Waals surface area (Å²) in [5, 5.41) is 0.0124. The molecule has 0 radical (unpaired) electrons. The quantitative estimate of drug-likeness (QED) is 0.751. The number of rotatable bonds is 6. The number of aromatic nitrogens is 1. The van der Waals surface area contributed by atoms with Crippen LogP contribution in [0.4, 0.5) is 0 Å². The van der Waals surface area contributed by atoms with E-state index in [1.54, 1.807) is 31.1 Å². The summed E-state index contributed by atoms with van der Waals surface area (Å²) < 4.78 is 4.89. The number of pyridine rings is 1. The van der Waals surface area contributed by atoms with E-state index in [1.165, 1.54) is 0 Å². The van der Waals surface area contributed by atoms with E-state index in [0.717, 1.165) is 5.56 Å². The lowest BCUT2D eigenvalue weighted by molar-refractivity contribution is -0.143. The average molecular weight is 294 g/mol. The highest BCUT2D eigenvalue weighted by molar-refractivity contribution is 8.00. The predicted molar refractivity (Wildman–Crippen MR) is 77.0 cm³/mol. The van der Waals surface area contributed by atoms with Gasteiger partial charge in [-0.15, -0.1) is 11.8 Å². The third-order valence-electron chi connectivity index (χ3n) is 3.02. The molecule has 0 spiro atoms. The zero-order chi connectivity index (χ0) is 14.4. The molecule has 1 aromatic rings. The van der Waals surface area contributed by atoms with Crippen LogP contribution < -0.4 is 0 Å². The van der Waals surface area contributed by atoms with Gasteiger partial charge >= 0.3 is 5.97 Å². The van der Waals surface area contributed by atoms with Gasteiger partial charge in [-0.2, -0.15) is 0 Å². The molecule has 1 aliphatic rings. The van der Waals surface area contributed by atoms with Crippen molar-refractivity contribution in [2.24, 2.45) is 0 Å². The van der Waals surface area contributed by atoms with E-state index in [-0.39, 0.29) is 17.3 Å². The number of carbonyl (C=O) groups excluding carboxylic acids is 2. The van der Waals surface area contributed by atoms with Gasteiger partial charge in [-0.3, -0.25) is 14.6 Å². The Bertz CT molecular complexity index is 467. The van der Waals surface area contributed by atoms with Gasteiger partial charge in [0, 0.05) is 30.9 Å². The Balaban J connectivity index is 1.91. The Labute approximate surface area is 122 Å². The summed E-state index contributed by atoms with van der Waals surface area (Å²) in [6.45, 7) is 2.76. The molecule has 108 valence electrons. The zero-order valence-electron chi connectivity index (χ0n) is 11.4. The lowest BCUT2D eigenvalue weighted by Crippen LogP contribution is -2.29. The first-order chi connectivity index (χ1) is 9.72. The molecule has 6 heteroatoms. The van der Waals surface area contributed by atoms with Crippen LogP contribution in [0.15, 0.2) is 24.5 Å². The third-order valence-corrected chi connectivity index (χ3v) is 4.28. The highest BCUT2D eigenvalue weighted by Crippen LogP contribution is 2.38. The maximum absolute atomic E-state index is 11.9. The fourth-order valence-corrected chi connectivity index (χ4v) is 3.32. The number of carbonyl (C=O) groups is 2. The SMILES string of the molecule is CCOC(=O)CCCN1C(=O)CSC1c1cccnc1. The number of amides is 1. The second kappa shape index (κ2) is 7.28. The van der Waals surface area contributed by atoms with Gasteiger partial charge in [0.2, 0.25) is 5.91 Å². The Morgan fingerprint density at radius 3 is 3.15 bits per heavy atom. The van der Waals surface area contributed by atoms with E-state index in [4.69, 9.17) is 4.74 Å². The molecule has 2 heterocycles. The van der Waals surface area contributed by atoms with Gasteiger partial charge in [0.05, 0.1) is 12.4 Å². The zero-order valence-corrected chi connectivity index (χ0v) is 12.3. The van der Waals surface area contributed by atoms with E-state index in [1.807, 2.05) is 17.0 Å². The number of esters is 1. The first-order valence-corrected chi connectivity index (χ1v) is 7.74. The van der Waals surface area contributed by atoms with E-state index >= 15 is 0 Å². The van der Waals surface area contributed by atoms with E-state index in [0.29, 0.717) is 31.7 Å². The maximum atomic E-state index is 11.9. The summed E-state index contributed by atoms with van der Waals surface area (Å²) in [7, 11) is 0. The Kier molecular flexibility index (Phi) is 5.40. The van der Waals surface area contributed by atoms with Crippen molar-refractivity contribution in [3.63, 3.8) is 0 Å². The largest absolute Gasteiger partial charge is 0.466 e. The van der Waals surface area contributed by atoms with Gasteiger partial charge in [0.1, 0.15) is 5.37 Å². The molecule has 0 saturated carbocycles. The number of ether oxygens (including phenoxy) is 1. The summed E-state index contributed by atoms with van der Waals surface area (Å²) in [6, 6.07) is 3.84. The van der Waals surface area contributed by atoms with Crippen molar-refractivity contribution in [2.75, 3.05) is 18.9 Å². The maximum Gasteiger partial charge on any atom is 0.305 e. The molecular weight excluding hydrogens is 276 g/mol. The molecule has 1 fully saturated rings. The highest BCUT2D eigenvalue weighted by atomic mass is 32.2. The lowest BCUT2D eigenvalue weighted by Gasteiger charge is -2.23. The monoisotopic (exact) mass is 294 g/mol. The Hall–Kier alpha value is -1.56. The third kappa shape index (κ3) is 3.72. The molecule has 1 unspecified atom stereocenters. The average Bonchev–Trinajstić information content (AvgIpc) is 2.82. The molecule has 2 rings (SSSR count). The van der Waals surface area contributed by atoms with Crippen LogP contribution in [0.2, 0.25) is 0 Å². The minimum absolute atomic E-state index is 0.0124. The van der Waals surface area contributed by atoms with Gasteiger partial charge in [0.15, 0.2) is 0 Å². The van der Waals surface area contributed by atoms with Crippen molar-refractivity contribution in [3.05, 3.63) is 30.1 Å². The summed E-state index contributed by atoms with van der Waals surface area (Å²) in [5.74, 6) is 0.399. The van der Waals surface area contributed by atoms with Crippen molar-refractivity contribution in [1.82, 2.24) is 9.88 Å². The molecule has 0 aromatic carbocycles. The smallest absolute Gasteiger partial charge is 0.305 e. The highest BCUT2D eigenvalue weighted by Gasteiger charge is 2.32. The molecular formula is C14H18N2O3S. The second-order valence-electron chi connectivity index (χ2n) is 4.45. The van der Waals surface area contributed by atoms with Gasteiger partial charge in [-0.25, -0.2) is 0 Å². The molecule has 1 atom stereocenters. The van der Waals surface area contributed by atoms with Gasteiger partial charge in [-0.05, 0) is 19.4 Å². The summed E-state index contributed by atoms with van der Waals surface area (Å²) >= 11 is 1.60. The van der Waals surface area contributed by atoms with Crippen LogP contribution >= 0.6 is 11.8 Å². The van der Waals surface area contributed by atoms with Crippen molar-refractivity contribution in [3.8, 4) is 0 Å². The molecule has 0 bridgehead atoms. The Morgan fingerprint density at radius 1 is 1.60 bits per heavy atom. The molecule has 1 amide bonds. The minimum Gasteiger partial charge on any atom is -0.466 e. The van der Waals surface area contributed by atoms with Gasteiger partial charge in [0.25, 0.3) is 0 Å². The predicted octanol–water partition coefficient (Wildman–Crippen LogP) is 2.00. The van der Waals surface area contributed by atoms with E-state index in [9.17, 15) is 9.59 Å². The van der Waals surface area contributed by atoms with Crippen molar-refractivity contribution in [2.45, 2.75) is 25.1 Å².